The third-order valence-corrected chi connectivity index (χ3v) is 3.54. The molecule has 2 aromatic rings. The van der Waals surface area contributed by atoms with Crippen LogP contribution in [0.3, 0.4) is 0 Å². The quantitative estimate of drug-likeness (QED) is 0.879. The van der Waals surface area contributed by atoms with Crippen LogP contribution in [0.2, 0.25) is 0 Å². The Balaban J connectivity index is 2.21. The molecule has 1 aromatic heterocycles. The highest BCUT2D eigenvalue weighted by Crippen LogP contribution is 2.22. The van der Waals surface area contributed by atoms with Crippen molar-refractivity contribution < 1.29 is 0 Å². The van der Waals surface area contributed by atoms with E-state index in [0.717, 1.165) is 34.4 Å². The van der Waals surface area contributed by atoms with Crippen LogP contribution in [0, 0.1) is 0 Å². The van der Waals surface area contributed by atoms with Gasteiger partial charge in [0.15, 0.2) is 0 Å². The zero-order valence-electron chi connectivity index (χ0n) is 10.7. The molecule has 0 fully saturated rings. The molecule has 0 aliphatic heterocycles. The van der Waals surface area contributed by atoms with Gasteiger partial charge in [0.2, 0.25) is 0 Å². The smallest absolute Gasteiger partial charge is 0.123 e. The van der Waals surface area contributed by atoms with Crippen molar-refractivity contribution in [2.24, 2.45) is 0 Å². The molecule has 0 saturated carbocycles. The molecule has 0 amide bonds. The van der Waals surface area contributed by atoms with Gasteiger partial charge in [0.1, 0.15) is 5.82 Å². The van der Waals surface area contributed by atoms with Gasteiger partial charge in [0.25, 0.3) is 0 Å². The lowest BCUT2D eigenvalue weighted by Gasteiger charge is -2.11. The lowest BCUT2D eigenvalue weighted by atomic mass is 10.1. The van der Waals surface area contributed by atoms with Gasteiger partial charge in [0.05, 0.1) is 17.9 Å². The highest BCUT2D eigenvalue weighted by atomic mass is 79.9. The average molecular weight is 308 g/mol. The summed E-state index contributed by atoms with van der Waals surface area (Å²) in [5.74, 6) is 1.01. The van der Waals surface area contributed by atoms with Crippen molar-refractivity contribution in [2.75, 3.05) is 7.05 Å². The molecule has 2 N–H and O–H groups in total. The van der Waals surface area contributed by atoms with Gasteiger partial charge in [0, 0.05) is 4.47 Å². The molecule has 1 heterocycles. The summed E-state index contributed by atoms with van der Waals surface area (Å²) in [4.78, 5) is 7.87. The van der Waals surface area contributed by atoms with Crippen molar-refractivity contribution in [3.05, 3.63) is 40.8 Å². The fourth-order valence-corrected chi connectivity index (χ4v) is 2.26. The van der Waals surface area contributed by atoms with E-state index >= 15 is 0 Å². The van der Waals surface area contributed by atoms with E-state index in [-0.39, 0.29) is 0 Å². The predicted molar refractivity (Wildman–Crippen MR) is 78.4 cm³/mol. The maximum Gasteiger partial charge on any atom is 0.123 e. The number of aromatic nitrogens is 2. The van der Waals surface area contributed by atoms with Crippen molar-refractivity contribution in [3.8, 4) is 11.3 Å². The molecule has 1 atom stereocenters. The molecule has 0 aliphatic rings. The maximum atomic E-state index is 4.48. The van der Waals surface area contributed by atoms with Gasteiger partial charge in [-0.1, -0.05) is 41.4 Å². The molecule has 0 bridgehead atoms. The van der Waals surface area contributed by atoms with Gasteiger partial charge in [-0.3, -0.25) is 0 Å². The van der Waals surface area contributed by atoms with E-state index in [1.165, 1.54) is 0 Å². The second-order valence-corrected chi connectivity index (χ2v) is 5.23. The number of hydrogen-bond donors (Lipinski definition) is 2. The summed E-state index contributed by atoms with van der Waals surface area (Å²) in [7, 11) is 1.97. The molecule has 96 valence electrons. The minimum Gasteiger partial charge on any atom is -0.341 e. The van der Waals surface area contributed by atoms with E-state index in [0.29, 0.717) is 6.04 Å². The molecule has 0 radical (unpaired) electrons. The Hall–Kier alpha value is -1.13. The SMILES string of the molecule is CCCC(NC)c1ncc(-c2ccc(Br)cc2)[nH]1. The number of halogens is 1. The number of imidazole rings is 1. The fraction of sp³-hybridized carbons (Fsp3) is 0.357. The van der Waals surface area contributed by atoms with Gasteiger partial charge in [-0.25, -0.2) is 4.98 Å². The first-order chi connectivity index (χ1) is 8.74. The number of hydrogen-bond acceptors (Lipinski definition) is 2. The summed E-state index contributed by atoms with van der Waals surface area (Å²) < 4.78 is 1.09. The fourth-order valence-electron chi connectivity index (χ4n) is 2.00. The zero-order valence-corrected chi connectivity index (χ0v) is 12.3. The number of H-pyrrole nitrogens is 1. The summed E-state index contributed by atoms with van der Waals surface area (Å²) in [6.45, 7) is 2.18. The number of rotatable bonds is 5. The summed E-state index contributed by atoms with van der Waals surface area (Å²) in [6.07, 6.45) is 4.13. The first-order valence-corrected chi connectivity index (χ1v) is 7.02. The normalized spacial score (nSPS) is 12.6. The Morgan fingerprint density at radius 2 is 2.06 bits per heavy atom. The van der Waals surface area contributed by atoms with E-state index in [9.17, 15) is 0 Å². The standard InChI is InChI=1S/C14H18BrN3/c1-3-4-12(16-2)14-17-9-13(18-14)10-5-7-11(15)8-6-10/h5-9,12,16H,3-4H2,1-2H3,(H,17,18). The lowest BCUT2D eigenvalue weighted by Crippen LogP contribution is -2.17. The third kappa shape index (κ3) is 3.00. The van der Waals surface area contributed by atoms with Gasteiger partial charge in [-0.2, -0.15) is 0 Å². The van der Waals surface area contributed by atoms with Crippen molar-refractivity contribution >= 4 is 15.9 Å². The topological polar surface area (TPSA) is 40.7 Å². The van der Waals surface area contributed by atoms with Crippen LogP contribution < -0.4 is 5.32 Å². The second-order valence-electron chi connectivity index (χ2n) is 4.32. The zero-order chi connectivity index (χ0) is 13.0. The highest BCUT2D eigenvalue weighted by molar-refractivity contribution is 9.10. The maximum absolute atomic E-state index is 4.48. The Morgan fingerprint density at radius 1 is 1.33 bits per heavy atom. The van der Waals surface area contributed by atoms with Crippen LogP contribution in [0.25, 0.3) is 11.3 Å². The Kier molecular flexibility index (Phi) is 4.55. The van der Waals surface area contributed by atoms with Crippen LogP contribution in [0.4, 0.5) is 0 Å². The minimum absolute atomic E-state index is 0.305. The molecule has 1 unspecified atom stereocenters. The molecular formula is C14H18BrN3. The van der Waals surface area contributed by atoms with Crippen molar-refractivity contribution in [2.45, 2.75) is 25.8 Å². The van der Waals surface area contributed by atoms with Gasteiger partial charge in [-0.15, -0.1) is 0 Å². The lowest BCUT2D eigenvalue weighted by molar-refractivity contribution is 0.518. The Morgan fingerprint density at radius 3 is 2.67 bits per heavy atom. The summed E-state index contributed by atoms with van der Waals surface area (Å²) in [6, 6.07) is 8.54. The molecule has 0 spiro atoms. The summed E-state index contributed by atoms with van der Waals surface area (Å²) >= 11 is 3.44. The van der Waals surface area contributed by atoms with E-state index in [1.54, 1.807) is 0 Å². The van der Waals surface area contributed by atoms with Gasteiger partial charge >= 0.3 is 0 Å². The van der Waals surface area contributed by atoms with E-state index in [4.69, 9.17) is 0 Å². The van der Waals surface area contributed by atoms with E-state index in [1.807, 2.05) is 25.4 Å². The summed E-state index contributed by atoms with van der Waals surface area (Å²) in [5, 5.41) is 3.29. The molecule has 3 nitrogen and oxygen atoms in total. The van der Waals surface area contributed by atoms with Crippen molar-refractivity contribution in [3.63, 3.8) is 0 Å². The second kappa shape index (κ2) is 6.16. The molecule has 2 rings (SSSR count). The van der Waals surface area contributed by atoms with Crippen molar-refractivity contribution in [1.82, 2.24) is 15.3 Å². The van der Waals surface area contributed by atoms with Gasteiger partial charge < -0.3 is 10.3 Å². The van der Waals surface area contributed by atoms with Crippen LogP contribution in [0.1, 0.15) is 31.6 Å². The third-order valence-electron chi connectivity index (χ3n) is 3.01. The van der Waals surface area contributed by atoms with Crippen molar-refractivity contribution in [1.29, 1.82) is 0 Å². The number of aromatic amines is 1. The summed E-state index contributed by atoms with van der Waals surface area (Å²) in [5.41, 5.74) is 2.22. The van der Waals surface area contributed by atoms with Crippen LogP contribution in [-0.2, 0) is 0 Å². The molecule has 4 heteroatoms. The Labute approximate surface area is 116 Å². The van der Waals surface area contributed by atoms with Crippen LogP contribution in [-0.4, -0.2) is 17.0 Å². The molecule has 0 saturated heterocycles. The first-order valence-electron chi connectivity index (χ1n) is 6.22. The van der Waals surface area contributed by atoms with Crippen LogP contribution >= 0.6 is 15.9 Å². The molecule has 1 aromatic carbocycles. The monoisotopic (exact) mass is 307 g/mol. The van der Waals surface area contributed by atoms with Gasteiger partial charge in [-0.05, 0) is 31.2 Å². The molecule has 18 heavy (non-hydrogen) atoms. The van der Waals surface area contributed by atoms with E-state index < -0.39 is 0 Å². The van der Waals surface area contributed by atoms with E-state index in [2.05, 4.69) is 50.3 Å². The average Bonchev–Trinajstić information content (AvgIpc) is 2.86. The number of benzene rings is 1. The first kappa shape index (κ1) is 13.3. The number of nitrogens with zero attached hydrogens (tertiary/aromatic N) is 1. The number of nitrogens with one attached hydrogen (secondary N) is 2. The molecular weight excluding hydrogens is 290 g/mol. The Bertz CT molecular complexity index is 490. The predicted octanol–water partition coefficient (Wildman–Crippen LogP) is 3.90. The van der Waals surface area contributed by atoms with Crippen LogP contribution in [0.5, 0.6) is 0 Å². The highest BCUT2D eigenvalue weighted by Gasteiger charge is 2.12. The van der Waals surface area contributed by atoms with Crippen LogP contribution in [0.15, 0.2) is 34.9 Å². The minimum atomic E-state index is 0.305. The largest absolute Gasteiger partial charge is 0.341 e. The molecule has 0 aliphatic carbocycles.